The van der Waals surface area contributed by atoms with Crippen molar-refractivity contribution in [1.82, 2.24) is 9.88 Å². The first-order chi connectivity index (χ1) is 9.10. The van der Waals surface area contributed by atoms with Crippen LogP contribution in [0.2, 0.25) is 0 Å². The van der Waals surface area contributed by atoms with Crippen LogP contribution < -0.4 is 0 Å². The van der Waals surface area contributed by atoms with Gasteiger partial charge >= 0.3 is 5.97 Å². The summed E-state index contributed by atoms with van der Waals surface area (Å²) in [5.41, 5.74) is -0.0900. The van der Waals surface area contributed by atoms with E-state index in [1.54, 1.807) is 6.92 Å². The first-order valence-electron chi connectivity index (χ1n) is 6.14. The van der Waals surface area contributed by atoms with Crippen LogP contribution in [0.5, 0.6) is 0 Å². The van der Waals surface area contributed by atoms with Gasteiger partial charge in [-0.2, -0.15) is 0 Å². The summed E-state index contributed by atoms with van der Waals surface area (Å²) < 4.78 is 18.3. The Morgan fingerprint density at radius 2 is 2.16 bits per heavy atom. The Morgan fingerprint density at radius 1 is 1.42 bits per heavy atom. The number of ether oxygens (including phenoxy) is 1. The smallest absolute Gasteiger partial charge is 0.325 e. The number of pyridine rings is 1. The number of hydrogen-bond acceptors (Lipinski definition) is 4. The minimum Gasteiger partial charge on any atom is -0.465 e. The Balaban J connectivity index is 2.84. The van der Waals surface area contributed by atoms with Crippen molar-refractivity contribution in [1.29, 1.82) is 0 Å². The predicted molar refractivity (Wildman–Crippen MR) is 67.0 cm³/mol. The molecule has 0 fully saturated rings. The van der Waals surface area contributed by atoms with Gasteiger partial charge in [-0.25, -0.2) is 4.39 Å². The van der Waals surface area contributed by atoms with Gasteiger partial charge in [0.25, 0.3) is 5.91 Å². The Hall–Kier alpha value is -1.98. The molecule has 1 heterocycles. The molecule has 104 valence electrons. The molecule has 0 unspecified atom stereocenters. The van der Waals surface area contributed by atoms with Crippen LogP contribution >= 0.6 is 0 Å². The molecule has 0 aliphatic rings. The normalized spacial score (nSPS) is 10.1. The summed E-state index contributed by atoms with van der Waals surface area (Å²) in [6, 6.07) is 1.30. The SMILES string of the molecule is CCCN(CC(=O)OCC)C(=O)c1ccncc1F. The average Bonchev–Trinajstić information content (AvgIpc) is 2.38. The van der Waals surface area contributed by atoms with Crippen LogP contribution in [-0.2, 0) is 9.53 Å². The summed E-state index contributed by atoms with van der Waals surface area (Å²) >= 11 is 0. The second-order valence-corrected chi connectivity index (χ2v) is 3.89. The number of carbonyl (C=O) groups is 2. The fraction of sp³-hybridized carbons (Fsp3) is 0.462. The number of esters is 1. The highest BCUT2D eigenvalue weighted by Crippen LogP contribution is 2.09. The third kappa shape index (κ3) is 4.31. The van der Waals surface area contributed by atoms with Crippen molar-refractivity contribution in [2.75, 3.05) is 19.7 Å². The molecule has 0 saturated carbocycles. The van der Waals surface area contributed by atoms with E-state index in [0.717, 1.165) is 6.20 Å². The van der Waals surface area contributed by atoms with Crippen LogP contribution in [0.4, 0.5) is 4.39 Å². The maximum Gasteiger partial charge on any atom is 0.325 e. The minimum atomic E-state index is -0.697. The standard InChI is InChI=1S/C13H17FN2O3/c1-3-7-16(9-12(17)19-4-2)13(18)10-5-6-15-8-11(10)14/h5-6,8H,3-4,7,9H2,1-2H3. The summed E-state index contributed by atoms with van der Waals surface area (Å²) in [6.45, 7) is 3.99. The van der Waals surface area contributed by atoms with Gasteiger partial charge < -0.3 is 9.64 Å². The zero-order valence-electron chi connectivity index (χ0n) is 11.1. The summed E-state index contributed by atoms with van der Waals surface area (Å²) in [5.74, 6) is -1.73. The van der Waals surface area contributed by atoms with E-state index >= 15 is 0 Å². The van der Waals surface area contributed by atoms with Gasteiger partial charge in [-0.1, -0.05) is 6.92 Å². The first-order valence-corrected chi connectivity index (χ1v) is 6.14. The lowest BCUT2D eigenvalue weighted by molar-refractivity contribution is -0.143. The second kappa shape index (κ2) is 7.45. The van der Waals surface area contributed by atoms with Crippen LogP contribution in [0.3, 0.4) is 0 Å². The molecule has 0 aliphatic heterocycles. The number of carbonyl (C=O) groups excluding carboxylic acids is 2. The van der Waals surface area contributed by atoms with E-state index in [-0.39, 0.29) is 18.7 Å². The van der Waals surface area contributed by atoms with Gasteiger partial charge in [-0.15, -0.1) is 0 Å². The quantitative estimate of drug-likeness (QED) is 0.736. The molecule has 1 aromatic rings. The minimum absolute atomic E-state index is 0.0900. The van der Waals surface area contributed by atoms with E-state index in [0.29, 0.717) is 13.0 Å². The van der Waals surface area contributed by atoms with Crippen LogP contribution in [0.1, 0.15) is 30.6 Å². The molecule has 0 aliphatic carbocycles. The highest BCUT2D eigenvalue weighted by atomic mass is 19.1. The topological polar surface area (TPSA) is 59.5 Å². The van der Waals surface area contributed by atoms with E-state index in [2.05, 4.69) is 4.98 Å². The summed E-state index contributed by atoms with van der Waals surface area (Å²) in [5, 5.41) is 0. The number of halogens is 1. The summed E-state index contributed by atoms with van der Waals surface area (Å²) in [7, 11) is 0. The zero-order valence-corrected chi connectivity index (χ0v) is 11.1. The number of aromatic nitrogens is 1. The maximum atomic E-state index is 13.5. The number of amides is 1. The molecule has 6 heteroatoms. The summed E-state index contributed by atoms with van der Waals surface area (Å²) in [4.78, 5) is 28.4. The Morgan fingerprint density at radius 3 is 2.74 bits per heavy atom. The molecule has 1 rings (SSSR count). The number of rotatable bonds is 6. The highest BCUT2D eigenvalue weighted by Gasteiger charge is 2.21. The van der Waals surface area contributed by atoms with E-state index in [1.165, 1.54) is 17.2 Å². The lowest BCUT2D eigenvalue weighted by Crippen LogP contribution is -2.37. The average molecular weight is 268 g/mol. The summed E-state index contributed by atoms with van der Waals surface area (Å²) in [6.07, 6.45) is 2.98. The Bertz CT molecular complexity index is 451. The fourth-order valence-electron chi connectivity index (χ4n) is 1.60. The largest absolute Gasteiger partial charge is 0.465 e. The fourth-order valence-corrected chi connectivity index (χ4v) is 1.60. The van der Waals surface area contributed by atoms with Crippen molar-refractivity contribution in [3.05, 3.63) is 29.8 Å². The van der Waals surface area contributed by atoms with Gasteiger partial charge in [0.05, 0.1) is 18.4 Å². The Labute approximate surface area is 111 Å². The zero-order chi connectivity index (χ0) is 14.3. The lowest BCUT2D eigenvalue weighted by atomic mass is 10.2. The van der Waals surface area contributed by atoms with Gasteiger partial charge in [0.1, 0.15) is 6.54 Å². The molecule has 0 radical (unpaired) electrons. The van der Waals surface area contributed by atoms with Crippen molar-refractivity contribution < 1.29 is 18.7 Å². The van der Waals surface area contributed by atoms with E-state index in [9.17, 15) is 14.0 Å². The van der Waals surface area contributed by atoms with Crippen molar-refractivity contribution in [2.24, 2.45) is 0 Å². The van der Waals surface area contributed by atoms with Gasteiger partial charge in [-0.05, 0) is 19.4 Å². The van der Waals surface area contributed by atoms with Crippen molar-refractivity contribution >= 4 is 11.9 Å². The molecule has 0 atom stereocenters. The third-order valence-corrected chi connectivity index (χ3v) is 2.41. The highest BCUT2D eigenvalue weighted by molar-refractivity contribution is 5.96. The third-order valence-electron chi connectivity index (χ3n) is 2.41. The first kappa shape index (κ1) is 15.1. The van der Waals surface area contributed by atoms with E-state index < -0.39 is 17.7 Å². The molecule has 0 bridgehead atoms. The molecule has 0 spiro atoms. The Kier molecular flexibility index (Phi) is 5.92. The molecule has 19 heavy (non-hydrogen) atoms. The van der Waals surface area contributed by atoms with E-state index in [1.807, 2.05) is 6.92 Å². The molecule has 0 N–H and O–H groups in total. The van der Waals surface area contributed by atoms with Crippen LogP contribution in [0, 0.1) is 5.82 Å². The van der Waals surface area contributed by atoms with Gasteiger partial charge in [0.2, 0.25) is 0 Å². The van der Waals surface area contributed by atoms with Gasteiger partial charge in [-0.3, -0.25) is 14.6 Å². The molecular formula is C13H17FN2O3. The number of nitrogens with zero attached hydrogens (tertiary/aromatic N) is 2. The van der Waals surface area contributed by atoms with Gasteiger partial charge in [0.15, 0.2) is 5.82 Å². The number of hydrogen-bond donors (Lipinski definition) is 0. The lowest BCUT2D eigenvalue weighted by Gasteiger charge is -2.21. The second-order valence-electron chi connectivity index (χ2n) is 3.89. The monoisotopic (exact) mass is 268 g/mol. The molecule has 5 nitrogen and oxygen atoms in total. The van der Waals surface area contributed by atoms with Crippen LogP contribution in [-0.4, -0.2) is 41.5 Å². The molecule has 1 amide bonds. The van der Waals surface area contributed by atoms with Crippen molar-refractivity contribution in [3.63, 3.8) is 0 Å². The maximum absolute atomic E-state index is 13.5. The van der Waals surface area contributed by atoms with Crippen molar-refractivity contribution in [2.45, 2.75) is 20.3 Å². The molecule has 0 aromatic carbocycles. The van der Waals surface area contributed by atoms with Gasteiger partial charge in [0, 0.05) is 12.7 Å². The molecule has 1 aromatic heterocycles. The van der Waals surface area contributed by atoms with Crippen molar-refractivity contribution in [3.8, 4) is 0 Å². The molecule has 0 saturated heterocycles. The molecular weight excluding hydrogens is 251 g/mol. The predicted octanol–water partition coefficient (Wildman–Crippen LogP) is 1.64. The van der Waals surface area contributed by atoms with Crippen LogP contribution in [0.25, 0.3) is 0 Å². The van der Waals surface area contributed by atoms with Crippen LogP contribution in [0.15, 0.2) is 18.5 Å². The van der Waals surface area contributed by atoms with E-state index in [4.69, 9.17) is 4.74 Å².